The molecule has 0 bridgehead atoms. The zero-order valence-electron chi connectivity index (χ0n) is 10.1. The molecule has 0 amide bonds. The highest BCUT2D eigenvalue weighted by Crippen LogP contribution is 2.10. The molecule has 1 aromatic rings. The van der Waals surface area contributed by atoms with E-state index in [1.54, 1.807) is 14.0 Å². The average molecular weight is 218 g/mol. The Labute approximate surface area is 97.6 Å². The van der Waals surface area contributed by atoms with Gasteiger partial charge in [0.1, 0.15) is 5.60 Å². The summed E-state index contributed by atoms with van der Waals surface area (Å²) in [5, 5.41) is 0. The molecule has 0 heterocycles. The summed E-state index contributed by atoms with van der Waals surface area (Å²) in [6, 6.07) is 10.1. The summed E-state index contributed by atoms with van der Waals surface area (Å²) in [6.07, 6.45) is 0. The van der Waals surface area contributed by atoms with Crippen LogP contribution in [0.4, 0.5) is 0 Å². The van der Waals surface area contributed by atoms with Gasteiger partial charge in [-0.05, 0) is 19.4 Å². The third-order valence-electron chi connectivity index (χ3n) is 2.33. The van der Waals surface area contributed by atoms with Crippen LogP contribution in [0.3, 0.4) is 0 Å². The van der Waals surface area contributed by atoms with E-state index < -0.39 is 5.60 Å². The van der Waals surface area contributed by atoms with Crippen LogP contribution in [-0.2, 0) is 16.1 Å². The third-order valence-corrected chi connectivity index (χ3v) is 2.33. The van der Waals surface area contributed by atoms with Crippen LogP contribution < -0.4 is 0 Å². The monoisotopic (exact) mass is 218 g/mol. The Morgan fingerprint density at radius 3 is 2.50 bits per heavy atom. The Hall–Kier alpha value is -1.30. The molecular weight excluding hydrogens is 200 g/mol. The standard InChI is InChI=1S/C14H18O2/c1-4-10-14(2,15-3)12-16-11-13-8-6-5-7-9-13/h5-9H,11-12H2,1-3H3/t14-/m0/s1. The lowest BCUT2D eigenvalue weighted by molar-refractivity contribution is -0.0305. The normalized spacial score (nSPS) is 13.7. The van der Waals surface area contributed by atoms with Gasteiger partial charge in [0.05, 0.1) is 13.2 Å². The fourth-order valence-electron chi connectivity index (χ4n) is 1.35. The van der Waals surface area contributed by atoms with Crippen LogP contribution in [0.25, 0.3) is 0 Å². The fourth-order valence-corrected chi connectivity index (χ4v) is 1.35. The quantitative estimate of drug-likeness (QED) is 0.707. The van der Waals surface area contributed by atoms with E-state index in [1.807, 2.05) is 37.3 Å². The van der Waals surface area contributed by atoms with Crippen LogP contribution in [0.15, 0.2) is 30.3 Å². The molecule has 0 aliphatic rings. The molecule has 0 saturated heterocycles. The molecule has 1 rings (SSSR count). The van der Waals surface area contributed by atoms with Crippen molar-refractivity contribution in [1.82, 2.24) is 0 Å². The Morgan fingerprint density at radius 2 is 1.94 bits per heavy atom. The maximum absolute atomic E-state index is 5.60. The maximum Gasteiger partial charge on any atom is 0.148 e. The zero-order valence-corrected chi connectivity index (χ0v) is 10.1. The molecule has 0 spiro atoms. The number of benzene rings is 1. The number of hydrogen-bond donors (Lipinski definition) is 0. The Balaban J connectivity index is 2.42. The lowest BCUT2D eigenvalue weighted by Gasteiger charge is -2.21. The number of rotatable bonds is 5. The van der Waals surface area contributed by atoms with Crippen LogP contribution in [0.1, 0.15) is 19.4 Å². The molecule has 0 N–H and O–H groups in total. The van der Waals surface area contributed by atoms with Crippen molar-refractivity contribution in [2.45, 2.75) is 26.1 Å². The van der Waals surface area contributed by atoms with Crippen molar-refractivity contribution >= 4 is 0 Å². The van der Waals surface area contributed by atoms with Gasteiger partial charge in [-0.2, -0.15) is 0 Å². The fraction of sp³-hybridized carbons (Fsp3) is 0.429. The minimum Gasteiger partial charge on any atom is -0.373 e. The molecular formula is C14H18O2. The summed E-state index contributed by atoms with van der Waals surface area (Å²) in [7, 11) is 1.65. The first kappa shape index (κ1) is 12.8. The first-order valence-electron chi connectivity index (χ1n) is 5.31. The van der Waals surface area contributed by atoms with Crippen LogP contribution in [0.5, 0.6) is 0 Å². The molecule has 2 heteroatoms. The van der Waals surface area contributed by atoms with Gasteiger partial charge in [-0.15, -0.1) is 5.92 Å². The summed E-state index contributed by atoms with van der Waals surface area (Å²) in [6.45, 7) is 4.79. The van der Waals surface area contributed by atoms with E-state index in [4.69, 9.17) is 9.47 Å². The molecule has 0 radical (unpaired) electrons. The number of hydrogen-bond acceptors (Lipinski definition) is 2. The third kappa shape index (κ3) is 4.06. The molecule has 0 saturated carbocycles. The first-order valence-corrected chi connectivity index (χ1v) is 5.31. The van der Waals surface area contributed by atoms with Gasteiger partial charge in [0.2, 0.25) is 0 Å². The summed E-state index contributed by atoms with van der Waals surface area (Å²) >= 11 is 0. The van der Waals surface area contributed by atoms with Gasteiger partial charge in [-0.3, -0.25) is 0 Å². The molecule has 0 unspecified atom stereocenters. The predicted molar refractivity (Wildman–Crippen MR) is 65.0 cm³/mol. The van der Waals surface area contributed by atoms with Gasteiger partial charge in [0.15, 0.2) is 0 Å². The Morgan fingerprint density at radius 1 is 1.25 bits per heavy atom. The van der Waals surface area contributed by atoms with E-state index in [2.05, 4.69) is 11.8 Å². The highest BCUT2D eigenvalue weighted by Gasteiger charge is 2.20. The molecule has 16 heavy (non-hydrogen) atoms. The highest BCUT2D eigenvalue weighted by molar-refractivity contribution is 5.14. The minimum atomic E-state index is -0.510. The lowest BCUT2D eigenvalue weighted by Crippen LogP contribution is -2.31. The topological polar surface area (TPSA) is 18.5 Å². The molecule has 0 aliphatic carbocycles. The Kier molecular flexibility index (Phi) is 5.04. The highest BCUT2D eigenvalue weighted by atomic mass is 16.5. The molecule has 0 aromatic heterocycles. The Bertz CT molecular complexity index is 361. The van der Waals surface area contributed by atoms with E-state index in [0.29, 0.717) is 13.2 Å². The van der Waals surface area contributed by atoms with E-state index in [1.165, 1.54) is 0 Å². The average Bonchev–Trinajstić information content (AvgIpc) is 2.31. The van der Waals surface area contributed by atoms with E-state index >= 15 is 0 Å². The second kappa shape index (κ2) is 6.32. The van der Waals surface area contributed by atoms with E-state index in [0.717, 1.165) is 5.56 Å². The smallest absolute Gasteiger partial charge is 0.148 e. The van der Waals surface area contributed by atoms with Crippen LogP contribution >= 0.6 is 0 Å². The van der Waals surface area contributed by atoms with Crippen molar-refractivity contribution < 1.29 is 9.47 Å². The van der Waals surface area contributed by atoms with E-state index in [-0.39, 0.29) is 0 Å². The van der Waals surface area contributed by atoms with Crippen LogP contribution in [0, 0.1) is 11.8 Å². The van der Waals surface area contributed by atoms with Crippen LogP contribution in [0.2, 0.25) is 0 Å². The summed E-state index contributed by atoms with van der Waals surface area (Å²) < 4.78 is 10.9. The van der Waals surface area contributed by atoms with Crippen molar-refractivity contribution in [1.29, 1.82) is 0 Å². The minimum absolute atomic E-state index is 0.471. The number of ether oxygens (including phenoxy) is 2. The molecule has 0 aliphatic heterocycles. The molecule has 1 aromatic carbocycles. The van der Waals surface area contributed by atoms with Gasteiger partial charge in [0.25, 0.3) is 0 Å². The van der Waals surface area contributed by atoms with Gasteiger partial charge < -0.3 is 9.47 Å². The summed E-state index contributed by atoms with van der Waals surface area (Å²) in [4.78, 5) is 0. The van der Waals surface area contributed by atoms with Gasteiger partial charge in [-0.25, -0.2) is 0 Å². The van der Waals surface area contributed by atoms with Gasteiger partial charge >= 0.3 is 0 Å². The largest absolute Gasteiger partial charge is 0.373 e. The lowest BCUT2D eigenvalue weighted by atomic mass is 10.1. The van der Waals surface area contributed by atoms with Crippen molar-refractivity contribution in [3.63, 3.8) is 0 Å². The summed E-state index contributed by atoms with van der Waals surface area (Å²) in [5.41, 5.74) is 0.647. The molecule has 0 fully saturated rings. The van der Waals surface area contributed by atoms with Gasteiger partial charge in [-0.1, -0.05) is 36.3 Å². The number of methoxy groups -OCH3 is 1. The molecule has 2 nitrogen and oxygen atoms in total. The SMILES string of the molecule is CC#C[C@@](C)(COCc1ccccc1)OC. The van der Waals surface area contributed by atoms with Crippen molar-refractivity contribution in [2.75, 3.05) is 13.7 Å². The first-order chi connectivity index (χ1) is 7.70. The van der Waals surface area contributed by atoms with Crippen LogP contribution in [-0.4, -0.2) is 19.3 Å². The van der Waals surface area contributed by atoms with Crippen molar-refractivity contribution in [3.05, 3.63) is 35.9 Å². The zero-order chi connectivity index (χ0) is 11.9. The van der Waals surface area contributed by atoms with Gasteiger partial charge in [0, 0.05) is 7.11 Å². The maximum atomic E-state index is 5.60. The van der Waals surface area contributed by atoms with Crippen molar-refractivity contribution in [2.24, 2.45) is 0 Å². The predicted octanol–water partition coefficient (Wildman–Crippen LogP) is 2.63. The van der Waals surface area contributed by atoms with Crippen molar-refractivity contribution in [3.8, 4) is 11.8 Å². The second-order valence-corrected chi connectivity index (χ2v) is 3.79. The summed E-state index contributed by atoms with van der Waals surface area (Å²) in [5.74, 6) is 5.85. The van der Waals surface area contributed by atoms with E-state index in [9.17, 15) is 0 Å². The second-order valence-electron chi connectivity index (χ2n) is 3.79. The molecule has 1 atom stereocenters. The molecule has 86 valence electrons.